The largest absolute Gasteiger partial charge is 0.466 e. The Hall–Kier alpha value is -2.54. The molecular formula is C18H22N2O2. The molecule has 1 rings (SSSR count). The number of nitriles is 1. The minimum atomic E-state index is -0.262. The van der Waals surface area contributed by atoms with Crippen LogP contribution in [-0.2, 0) is 9.53 Å². The number of anilines is 1. The number of carbonyl (C=O) groups is 1. The minimum absolute atomic E-state index is 0.162. The molecule has 0 aliphatic rings. The number of carbonyl (C=O) groups excluding carboxylic acids is 1. The number of rotatable bonds is 7. The Kier molecular flexibility index (Phi) is 7.49. The Morgan fingerprint density at radius 1 is 1.41 bits per heavy atom. The molecule has 0 aliphatic carbocycles. The van der Waals surface area contributed by atoms with Crippen LogP contribution in [0, 0.1) is 17.2 Å². The smallest absolute Gasteiger partial charge is 0.306 e. The molecule has 0 amide bonds. The lowest BCUT2D eigenvalue weighted by Crippen LogP contribution is -2.17. The molecule has 1 aromatic rings. The van der Waals surface area contributed by atoms with Crippen LogP contribution < -0.4 is 4.90 Å². The SMILES string of the molecule is C/C=C/C(/C=C(\C#N)N(C)c1ccccc1)CC(=O)OCC. The van der Waals surface area contributed by atoms with Gasteiger partial charge in [-0.2, -0.15) is 5.26 Å². The molecule has 0 aromatic heterocycles. The van der Waals surface area contributed by atoms with Gasteiger partial charge in [-0.3, -0.25) is 4.79 Å². The maximum Gasteiger partial charge on any atom is 0.306 e. The number of benzene rings is 1. The second-order valence-corrected chi connectivity index (χ2v) is 4.76. The quantitative estimate of drug-likeness (QED) is 0.438. The van der Waals surface area contributed by atoms with Gasteiger partial charge in [0, 0.05) is 18.7 Å². The van der Waals surface area contributed by atoms with E-state index in [0.29, 0.717) is 12.3 Å². The third kappa shape index (κ3) is 5.45. The lowest BCUT2D eigenvalue weighted by molar-refractivity contribution is -0.143. The molecule has 0 fully saturated rings. The van der Waals surface area contributed by atoms with Crippen LogP contribution in [0.5, 0.6) is 0 Å². The van der Waals surface area contributed by atoms with E-state index < -0.39 is 0 Å². The molecule has 0 aliphatic heterocycles. The monoisotopic (exact) mass is 298 g/mol. The summed E-state index contributed by atoms with van der Waals surface area (Å²) in [4.78, 5) is 13.5. The van der Waals surface area contributed by atoms with Gasteiger partial charge in [0.2, 0.25) is 0 Å². The maximum atomic E-state index is 11.7. The number of hydrogen-bond acceptors (Lipinski definition) is 4. The third-order valence-electron chi connectivity index (χ3n) is 3.14. The van der Waals surface area contributed by atoms with E-state index in [-0.39, 0.29) is 18.3 Å². The highest BCUT2D eigenvalue weighted by atomic mass is 16.5. The van der Waals surface area contributed by atoms with Gasteiger partial charge in [-0.05, 0) is 32.1 Å². The van der Waals surface area contributed by atoms with Gasteiger partial charge in [-0.1, -0.05) is 30.4 Å². The average Bonchev–Trinajstić information content (AvgIpc) is 2.53. The van der Waals surface area contributed by atoms with Crippen LogP contribution in [-0.4, -0.2) is 19.6 Å². The molecule has 0 radical (unpaired) electrons. The summed E-state index contributed by atoms with van der Waals surface area (Å²) >= 11 is 0. The third-order valence-corrected chi connectivity index (χ3v) is 3.14. The van der Waals surface area contributed by atoms with Crippen LogP contribution in [0.1, 0.15) is 20.3 Å². The maximum absolute atomic E-state index is 11.7. The molecule has 0 heterocycles. The summed E-state index contributed by atoms with van der Waals surface area (Å²) < 4.78 is 4.98. The highest BCUT2D eigenvalue weighted by molar-refractivity contribution is 5.70. The summed E-state index contributed by atoms with van der Waals surface area (Å²) in [6.07, 6.45) is 5.79. The first kappa shape index (κ1) is 17.5. The van der Waals surface area contributed by atoms with E-state index >= 15 is 0 Å². The van der Waals surface area contributed by atoms with Crippen molar-refractivity contribution in [3.05, 3.63) is 54.3 Å². The van der Waals surface area contributed by atoms with E-state index in [9.17, 15) is 10.1 Å². The summed E-state index contributed by atoms with van der Waals surface area (Å²) in [6, 6.07) is 11.8. The zero-order valence-electron chi connectivity index (χ0n) is 13.3. The predicted octanol–water partition coefficient (Wildman–Crippen LogP) is 3.68. The second kappa shape index (κ2) is 9.41. The fourth-order valence-corrected chi connectivity index (χ4v) is 2.06. The van der Waals surface area contributed by atoms with Gasteiger partial charge in [-0.15, -0.1) is 0 Å². The van der Waals surface area contributed by atoms with E-state index in [2.05, 4.69) is 6.07 Å². The zero-order valence-corrected chi connectivity index (χ0v) is 13.3. The van der Waals surface area contributed by atoms with Crippen molar-refractivity contribution in [3.8, 4) is 6.07 Å². The Morgan fingerprint density at radius 3 is 2.64 bits per heavy atom. The summed E-state index contributed by atoms with van der Waals surface area (Å²) in [7, 11) is 1.83. The molecule has 1 aromatic carbocycles. The fourth-order valence-electron chi connectivity index (χ4n) is 2.06. The van der Waals surface area contributed by atoms with E-state index in [1.54, 1.807) is 13.0 Å². The minimum Gasteiger partial charge on any atom is -0.466 e. The van der Waals surface area contributed by atoms with E-state index in [1.165, 1.54) is 0 Å². The topological polar surface area (TPSA) is 53.3 Å². The summed E-state index contributed by atoms with van der Waals surface area (Å²) in [5.74, 6) is -0.425. The van der Waals surface area contributed by atoms with E-state index in [1.807, 2.05) is 61.4 Å². The molecule has 0 saturated heterocycles. The fraction of sp³-hybridized carbons (Fsp3) is 0.333. The van der Waals surface area contributed by atoms with Crippen molar-refractivity contribution in [1.29, 1.82) is 5.26 Å². The first-order chi connectivity index (χ1) is 10.6. The van der Waals surface area contributed by atoms with Crippen molar-refractivity contribution in [2.24, 2.45) is 5.92 Å². The van der Waals surface area contributed by atoms with Gasteiger partial charge in [0.15, 0.2) is 0 Å². The molecule has 1 unspecified atom stereocenters. The van der Waals surface area contributed by atoms with Gasteiger partial charge >= 0.3 is 5.97 Å². The lowest BCUT2D eigenvalue weighted by Gasteiger charge is -2.19. The number of nitrogens with zero attached hydrogens (tertiary/aromatic N) is 2. The van der Waals surface area contributed by atoms with Crippen molar-refractivity contribution in [2.75, 3.05) is 18.6 Å². The van der Waals surface area contributed by atoms with Crippen molar-refractivity contribution in [1.82, 2.24) is 0 Å². The van der Waals surface area contributed by atoms with Crippen LogP contribution >= 0.6 is 0 Å². The van der Waals surface area contributed by atoms with Crippen LogP contribution in [0.25, 0.3) is 0 Å². The van der Waals surface area contributed by atoms with Crippen LogP contribution in [0.3, 0.4) is 0 Å². The van der Waals surface area contributed by atoms with Gasteiger partial charge in [0.25, 0.3) is 0 Å². The average molecular weight is 298 g/mol. The Labute approximate surface area is 132 Å². The molecule has 116 valence electrons. The van der Waals surface area contributed by atoms with E-state index in [0.717, 1.165) is 5.69 Å². The lowest BCUT2D eigenvalue weighted by atomic mass is 10.0. The summed E-state index contributed by atoms with van der Waals surface area (Å²) in [6.45, 7) is 4.03. The normalized spacial score (nSPS) is 12.7. The van der Waals surface area contributed by atoms with Gasteiger partial charge in [-0.25, -0.2) is 0 Å². The molecule has 4 nitrogen and oxygen atoms in total. The molecular weight excluding hydrogens is 276 g/mol. The zero-order chi connectivity index (χ0) is 16.4. The number of hydrogen-bond donors (Lipinski definition) is 0. The van der Waals surface area contributed by atoms with Crippen molar-refractivity contribution in [3.63, 3.8) is 0 Å². The second-order valence-electron chi connectivity index (χ2n) is 4.76. The van der Waals surface area contributed by atoms with E-state index in [4.69, 9.17) is 4.74 Å². The summed E-state index contributed by atoms with van der Waals surface area (Å²) in [5.41, 5.74) is 1.42. The number of esters is 1. The van der Waals surface area contributed by atoms with Gasteiger partial charge in [0.05, 0.1) is 13.0 Å². The molecule has 1 atom stereocenters. The standard InChI is InChI=1S/C18H22N2O2/c1-4-9-15(13-18(21)22-5-2)12-17(14-19)20(3)16-10-7-6-8-11-16/h4,6-12,15H,5,13H2,1-3H3/b9-4+,17-12+. The molecule has 22 heavy (non-hydrogen) atoms. The van der Waals surface area contributed by atoms with Crippen LogP contribution in [0.2, 0.25) is 0 Å². The molecule has 4 heteroatoms. The number of para-hydroxylation sites is 1. The Balaban J connectivity index is 2.95. The summed E-state index contributed by atoms with van der Waals surface area (Å²) in [5, 5.41) is 9.41. The van der Waals surface area contributed by atoms with Crippen molar-refractivity contribution >= 4 is 11.7 Å². The molecule has 0 N–H and O–H groups in total. The van der Waals surface area contributed by atoms with Crippen molar-refractivity contribution in [2.45, 2.75) is 20.3 Å². The van der Waals surface area contributed by atoms with Crippen LogP contribution in [0.15, 0.2) is 54.3 Å². The van der Waals surface area contributed by atoms with Crippen LogP contribution in [0.4, 0.5) is 5.69 Å². The number of ether oxygens (including phenoxy) is 1. The first-order valence-corrected chi connectivity index (χ1v) is 7.31. The van der Waals surface area contributed by atoms with Crippen molar-refractivity contribution < 1.29 is 9.53 Å². The molecule has 0 bridgehead atoms. The highest BCUT2D eigenvalue weighted by Crippen LogP contribution is 2.19. The Bertz CT molecular complexity index is 570. The van der Waals surface area contributed by atoms with Gasteiger partial charge < -0.3 is 9.64 Å². The first-order valence-electron chi connectivity index (χ1n) is 7.31. The molecule has 0 spiro atoms. The highest BCUT2D eigenvalue weighted by Gasteiger charge is 2.13. The predicted molar refractivity (Wildman–Crippen MR) is 88.1 cm³/mol. The number of allylic oxidation sites excluding steroid dienone is 4. The Morgan fingerprint density at radius 2 is 2.09 bits per heavy atom. The molecule has 0 saturated carbocycles. The van der Waals surface area contributed by atoms with Gasteiger partial charge in [0.1, 0.15) is 11.8 Å².